The van der Waals surface area contributed by atoms with Crippen molar-refractivity contribution in [1.29, 1.82) is 0 Å². The van der Waals surface area contributed by atoms with Crippen LogP contribution in [0.15, 0.2) is 18.2 Å². The van der Waals surface area contributed by atoms with Gasteiger partial charge in [0.2, 0.25) is 0 Å². The molecule has 0 saturated heterocycles. The van der Waals surface area contributed by atoms with E-state index >= 15 is 0 Å². The number of para-hydroxylation sites is 1. The van der Waals surface area contributed by atoms with E-state index in [-0.39, 0.29) is 0 Å². The number of carbonyl (C=O) groups excluding carboxylic acids is 1. The lowest BCUT2D eigenvalue weighted by atomic mass is 10.1. The Balaban J connectivity index is 2.11. The highest BCUT2D eigenvalue weighted by molar-refractivity contribution is 7.99. The number of nitrogen functional groups attached to an aromatic ring is 1. The zero-order valence-electron chi connectivity index (χ0n) is 11.3. The highest BCUT2D eigenvalue weighted by Crippen LogP contribution is 2.32. The number of hydrogen-bond donors (Lipinski definition) is 2. The van der Waals surface area contributed by atoms with Gasteiger partial charge in [-0.25, -0.2) is 4.79 Å². The highest BCUT2D eigenvalue weighted by Gasteiger charge is 2.24. The van der Waals surface area contributed by atoms with Gasteiger partial charge in [0.25, 0.3) is 0 Å². The molecule has 1 aromatic rings. The molecule has 0 heterocycles. The van der Waals surface area contributed by atoms with Crippen LogP contribution < -0.4 is 11.1 Å². The van der Waals surface area contributed by atoms with Gasteiger partial charge in [-0.05, 0) is 37.7 Å². The predicted molar refractivity (Wildman–Crippen MR) is 80.8 cm³/mol. The molecule has 5 heteroatoms. The Morgan fingerprint density at radius 3 is 2.89 bits per heavy atom. The molecule has 4 nitrogen and oxygen atoms in total. The minimum atomic E-state index is -0.394. The van der Waals surface area contributed by atoms with Crippen molar-refractivity contribution in [3.8, 4) is 0 Å². The summed E-state index contributed by atoms with van der Waals surface area (Å²) in [6, 6.07) is 5.86. The molecule has 0 aromatic heterocycles. The van der Waals surface area contributed by atoms with Gasteiger partial charge in [-0.2, -0.15) is 11.8 Å². The number of hydrogen-bond acceptors (Lipinski definition) is 5. The summed E-state index contributed by atoms with van der Waals surface area (Å²) in [6.07, 6.45) is 5.67. The number of esters is 1. The normalized spacial score (nSPS) is 22.2. The Labute approximate surface area is 118 Å². The summed E-state index contributed by atoms with van der Waals surface area (Å²) < 4.78 is 4.73. The van der Waals surface area contributed by atoms with Crippen molar-refractivity contribution < 1.29 is 9.53 Å². The summed E-state index contributed by atoms with van der Waals surface area (Å²) in [7, 11) is 1.36. The number of benzene rings is 1. The van der Waals surface area contributed by atoms with Crippen LogP contribution in [0.2, 0.25) is 0 Å². The number of carbonyl (C=O) groups is 1. The van der Waals surface area contributed by atoms with E-state index < -0.39 is 5.97 Å². The maximum atomic E-state index is 11.6. The number of nitrogens with one attached hydrogen (secondary N) is 1. The third-order valence-corrected chi connectivity index (χ3v) is 4.68. The monoisotopic (exact) mass is 280 g/mol. The minimum Gasteiger partial charge on any atom is -0.465 e. The molecule has 1 fully saturated rings. The predicted octanol–water partition coefficient (Wildman–Crippen LogP) is 2.75. The number of thioether (sulfide) groups is 1. The fourth-order valence-electron chi connectivity index (χ4n) is 2.48. The molecule has 104 valence electrons. The molecule has 0 radical (unpaired) electrons. The second-order valence-corrected chi connectivity index (χ2v) is 5.91. The first-order valence-electron chi connectivity index (χ1n) is 6.41. The van der Waals surface area contributed by atoms with E-state index in [2.05, 4.69) is 11.6 Å². The second kappa shape index (κ2) is 6.19. The molecule has 1 saturated carbocycles. The van der Waals surface area contributed by atoms with Gasteiger partial charge in [-0.3, -0.25) is 0 Å². The summed E-state index contributed by atoms with van der Waals surface area (Å²) in [5, 5.41) is 4.17. The smallest absolute Gasteiger partial charge is 0.340 e. The van der Waals surface area contributed by atoms with E-state index in [1.807, 2.05) is 23.9 Å². The van der Waals surface area contributed by atoms with Gasteiger partial charge in [-0.1, -0.05) is 6.07 Å². The van der Waals surface area contributed by atoms with Crippen molar-refractivity contribution in [1.82, 2.24) is 0 Å². The van der Waals surface area contributed by atoms with Gasteiger partial charge in [0.05, 0.1) is 24.0 Å². The Morgan fingerprint density at radius 1 is 1.47 bits per heavy atom. The number of methoxy groups -OCH3 is 1. The van der Waals surface area contributed by atoms with Gasteiger partial charge in [0, 0.05) is 11.3 Å². The average Bonchev–Trinajstić information content (AvgIpc) is 2.88. The molecule has 2 rings (SSSR count). The van der Waals surface area contributed by atoms with Gasteiger partial charge < -0.3 is 15.8 Å². The summed E-state index contributed by atoms with van der Waals surface area (Å²) in [6.45, 7) is 0. The van der Waals surface area contributed by atoms with Crippen LogP contribution in [-0.2, 0) is 4.74 Å². The summed E-state index contributed by atoms with van der Waals surface area (Å²) in [4.78, 5) is 11.6. The lowest BCUT2D eigenvalue weighted by Crippen LogP contribution is -2.18. The van der Waals surface area contributed by atoms with Crippen LogP contribution in [0.3, 0.4) is 0 Å². The Kier molecular flexibility index (Phi) is 4.58. The molecule has 0 spiro atoms. The number of ether oxygens (including phenoxy) is 1. The molecule has 1 aromatic carbocycles. The number of anilines is 2. The Hall–Kier alpha value is -1.36. The second-order valence-electron chi connectivity index (χ2n) is 4.77. The third kappa shape index (κ3) is 3.15. The molecular formula is C14H20N2O2S. The van der Waals surface area contributed by atoms with E-state index in [1.54, 1.807) is 6.07 Å². The molecule has 1 aliphatic rings. The largest absolute Gasteiger partial charge is 0.465 e. The molecular weight excluding hydrogens is 260 g/mol. The summed E-state index contributed by atoms with van der Waals surface area (Å²) in [5.74, 6) is -0.394. The van der Waals surface area contributed by atoms with Crippen LogP contribution in [0.4, 0.5) is 11.4 Å². The molecule has 19 heavy (non-hydrogen) atoms. The quantitative estimate of drug-likeness (QED) is 0.656. The topological polar surface area (TPSA) is 64.3 Å². The van der Waals surface area contributed by atoms with Gasteiger partial charge in [0.1, 0.15) is 0 Å². The molecule has 0 amide bonds. The van der Waals surface area contributed by atoms with Crippen LogP contribution in [0.5, 0.6) is 0 Å². The fourth-order valence-corrected chi connectivity index (χ4v) is 3.28. The van der Waals surface area contributed by atoms with E-state index in [0.717, 1.165) is 23.8 Å². The first kappa shape index (κ1) is 14.1. The van der Waals surface area contributed by atoms with Crippen LogP contribution in [0.25, 0.3) is 0 Å². The highest BCUT2D eigenvalue weighted by atomic mass is 32.2. The van der Waals surface area contributed by atoms with Gasteiger partial charge in [-0.15, -0.1) is 0 Å². The lowest BCUT2D eigenvalue weighted by Gasteiger charge is -2.17. The summed E-state index contributed by atoms with van der Waals surface area (Å²) >= 11 is 1.92. The van der Waals surface area contributed by atoms with E-state index in [1.165, 1.54) is 13.5 Å². The molecule has 0 bridgehead atoms. The lowest BCUT2D eigenvalue weighted by molar-refractivity contribution is 0.0602. The van der Waals surface area contributed by atoms with Crippen molar-refractivity contribution >= 4 is 29.1 Å². The van der Waals surface area contributed by atoms with E-state index in [9.17, 15) is 4.79 Å². The Bertz CT molecular complexity index is 465. The Morgan fingerprint density at radius 2 is 2.26 bits per heavy atom. The van der Waals surface area contributed by atoms with Crippen LogP contribution in [0, 0.1) is 0 Å². The standard InChI is InChI=1S/C14H20N2O2S/c1-18-14(17)11-4-3-5-12(13(11)15)16-9-6-7-10(8-9)19-2/h3-5,9-10,16H,6-8,15H2,1-2H3. The molecule has 1 aliphatic carbocycles. The zero-order valence-corrected chi connectivity index (χ0v) is 12.1. The zero-order chi connectivity index (χ0) is 13.8. The molecule has 2 unspecified atom stereocenters. The molecule has 0 aliphatic heterocycles. The first-order valence-corrected chi connectivity index (χ1v) is 7.70. The van der Waals surface area contributed by atoms with Crippen molar-refractivity contribution in [2.45, 2.75) is 30.6 Å². The van der Waals surface area contributed by atoms with E-state index in [0.29, 0.717) is 17.3 Å². The third-order valence-electron chi connectivity index (χ3n) is 3.59. The summed E-state index contributed by atoms with van der Waals surface area (Å²) in [5.41, 5.74) is 7.76. The van der Waals surface area contributed by atoms with Crippen LogP contribution >= 0.6 is 11.8 Å². The SMILES string of the molecule is COC(=O)c1cccc(NC2CCC(SC)C2)c1N. The average molecular weight is 280 g/mol. The van der Waals surface area contributed by atoms with Crippen molar-refractivity contribution in [2.24, 2.45) is 0 Å². The van der Waals surface area contributed by atoms with Gasteiger partial charge >= 0.3 is 5.97 Å². The van der Waals surface area contributed by atoms with Crippen LogP contribution in [-0.4, -0.2) is 30.6 Å². The maximum absolute atomic E-state index is 11.6. The number of rotatable bonds is 4. The van der Waals surface area contributed by atoms with Gasteiger partial charge in [0.15, 0.2) is 0 Å². The molecule has 3 N–H and O–H groups in total. The first-order chi connectivity index (χ1) is 9.15. The number of nitrogens with two attached hydrogens (primary N) is 1. The van der Waals surface area contributed by atoms with Crippen LogP contribution in [0.1, 0.15) is 29.6 Å². The van der Waals surface area contributed by atoms with Crippen molar-refractivity contribution in [3.05, 3.63) is 23.8 Å². The molecule has 2 atom stereocenters. The maximum Gasteiger partial charge on any atom is 0.340 e. The fraction of sp³-hybridized carbons (Fsp3) is 0.500. The van der Waals surface area contributed by atoms with E-state index in [4.69, 9.17) is 10.5 Å². The van der Waals surface area contributed by atoms with Crippen molar-refractivity contribution in [3.63, 3.8) is 0 Å². The van der Waals surface area contributed by atoms with Crippen molar-refractivity contribution in [2.75, 3.05) is 24.4 Å². The minimum absolute atomic E-state index is 0.394.